The molecular formula is C11H13ClF3N3O. The Kier molecular flexibility index (Phi) is 4.15. The normalized spacial score (nSPS) is 15.9. The first-order chi connectivity index (χ1) is 8.86. The summed E-state index contributed by atoms with van der Waals surface area (Å²) >= 11 is 5.52. The SMILES string of the molecule is CN(CCOc1cc(Cl)nc(C(F)(F)F)n1)C1CC1. The lowest BCUT2D eigenvalue weighted by molar-refractivity contribution is -0.145. The molecule has 0 radical (unpaired) electrons. The van der Waals surface area contributed by atoms with Crippen LogP contribution in [0.4, 0.5) is 13.2 Å². The second-order valence-electron chi connectivity index (χ2n) is 4.41. The van der Waals surface area contributed by atoms with Gasteiger partial charge < -0.3 is 9.64 Å². The summed E-state index contributed by atoms with van der Waals surface area (Å²) in [5.74, 6) is -1.44. The third-order valence-corrected chi connectivity index (χ3v) is 2.98. The number of halogens is 4. The molecule has 1 aliphatic rings. The summed E-state index contributed by atoms with van der Waals surface area (Å²) in [6, 6.07) is 1.75. The molecule has 106 valence electrons. The average molecular weight is 296 g/mol. The fourth-order valence-corrected chi connectivity index (χ4v) is 1.76. The molecule has 0 unspecified atom stereocenters. The minimum atomic E-state index is -4.63. The quantitative estimate of drug-likeness (QED) is 0.783. The van der Waals surface area contributed by atoms with Crippen LogP contribution in [0.25, 0.3) is 0 Å². The molecule has 1 saturated carbocycles. The van der Waals surface area contributed by atoms with Crippen molar-refractivity contribution in [3.8, 4) is 5.88 Å². The van der Waals surface area contributed by atoms with Crippen LogP contribution in [0.1, 0.15) is 18.7 Å². The van der Waals surface area contributed by atoms with Gasteiger partial charge in [0.15, 0.2) is 0 Å². The van der Waals surface area contributed by atoms with Crippen LogP contribution in [0.3, 0.4) is 0 Å². The molecule has 1 heterocycles. The Hall–Kier alpha value is -1.08. The molecule has 1 aliphatic carbocycles. The number of aromatic nitrogens is 2. The third kappa shape index (κ3) is 4.21. The van der Waals surface area contributed by atoms with Crippen LogP contribution < -0.4 is 4.74 Å². The van der Waals surface area contributed by atoms with Crippen LogP contribution in [-0.4, -0.2) is 41.1 Å². The Bertz CT molecular complexity index is 451. The average Bonchev–Trinajstić information content (AvgIpc) is 3.10. The van der Waals surface area contributed by atoms with Crippen molar-refractivity contribution in [1.82, 2.24) is 14.9 Å². The van der Waals surface area contributed by atoms with E-state index < -0.39 is 12.0 Å². The highest BCUT2D eigenvalue weighted by molar-refractivity contribution is 6.29. The number of likely N-dealkylation sites (N-methyl/N-ethyl adjacent to an activating group) is 1. The lowest BCUT2D eigenvalue weighted by Gasteiger charge is -2.15. The van der Waals surface area contributed by atoms with Crippen molar-refractivity contribution in [1.29, 1.82) is 0 Å². The molecule has 19 heavy (non-hydrogen) atoms. The van der Waals surface area contributed by atoms with E-state index in [0.717, 1.165) is 12.8 Å². The number of hydrogen-bond acceptors (Lipinski definition) is 4. The van der Waals surface area contributed by atoms with E-state index in [1.807, 2.05) is 7.05 Å². The fraction of sp³-hybridized carbons (Fsp3) is 0.636. The molecular weight excluding hydrogens is 283 g/mol. The second kappa shape index (κ2) is 5.50. The van der Waals surface area contributed by atoms with Crippen LogP contribution in [0.2, 0.25) is 5.15 Å². The zero-order valence-electron chi connectivity index (χ0n) is 10.2. The Morgan fingerprint density at radius 2 is 2.11 bits per heavy atom. The lowest BCUT2D eigenvalue weighted by Crippen LogP contribution is -2.26. The van der Waals surface area contributed by atoms with Crippen LogP contribution in [0, 0.1) is 0 Å². The molecule has 0 atom stereocenters. The Balaban J connectivity index is 1.93. The van der Waals surface area contributed by atoms with E-state index in [1.165, 1.54) is 6.07 Å². The zero-order chi connectivity index (χ0) is 14.0. The first-order valence-corrected chi connectivity index (χ1v) is 6.19. The summed E-state index contributed by atoms with van der Waals surface area (Å²) in [6.07, 6.45) is -2.31. The van der Waals surface area contributed by atoms with Gasteiger partial charge in [0.05, 0.1) is 0 Å². The summed E-state index contributed by atoms with van der Waals surface area (Å²) < 4.78 is 42.6. The van der Waals surface area contributed by atoms with Gasteiger partial charge in [-0.1, -0.05) is 11.6 Å². The van der Waals surface area contributed by atoms with Gasteiger partial charge in [-0.3, -0.25) is 0 Å². The minimum Gasteiger partial charge on any atom is -0.476 e. The predicted octanol–water partition coefficient (Wildman–Crippen LogP) is 2.62. The van der Waals surface area contributed by atoms with Gasteiger partial charge in [-0.25, -0.2) is 4.98 Å². The van der Waals surface area contributed by atoms with Crippen LogP contribution in [0.15, 0.2) is 6.07 Å². The van der Waals surface area contributed by atoms with Crippen molar-refractivity contribution in [2.75, 3.05) is 20.2 Å². The Morgan fingerprint density at radius 1 is 1.42 bits per heavy atom. The van der Waals surface area contributed by atoms with Gasteiger partial charge in [0.1, 0.15) is 11.8 Å². The van der Waals surface area contributed by atoms with E-state index >= 15 is 0 Å². The molecule has 0 amide bonds. The highest BCUT2D eigenvalue weighted by atomic mass is 35.5. The molecule has 0 aliphatic heterocycles. The third-order valence-electron chi connectivity index (χ3n) is 2.79. The zero-order valence-corrected chi connectivity index (χ0v) is 11.0. The highest BCUT2D eigenvalue weighted by Crippen LogP contribution is 2.29. The van der Waals surface area contributed by atoms with E-state index in [9.17, 15) is 13.2 Å². The molecule has 0 aromatic carbocycles. The summed E-state index contributed by atoms with van der Waals surface area (Å²) in [6.45, 7) is 0.894. The summed E-state index contributed by atoms with van der Waals surface area (Å²) in [4.78, 5) is 8.53. The van der Waals surface area contributed by atoms with Gasteiger partial charge in [-0.05, 0) is 19.9 Å². The van der Waals surface area contributed by atoms with Crippen molar-refractivity contribution in [3.63, 3.8) is 0 Å². The number of ether oxygens (including phenoxy) is 1. The molecule has 0 bridgehead atoms. The molecule has 0 spiro atoms. The number of nitrogens with zero attached hydrogens (tertiary/aromatic N) is 3. The van der Waals surface area contributed by atoms with Gasteiger partial charge in [0.25, 0.3) is 0 Å². The van der Waals surface area contributed by atoms with Crippen molar-refractivity contribution in [3.05, 3.63) is 17.0 Å². The van der Waals surface area contributed by atoms with Crippen LogP contribution in [-0.2, 0) is 6.18 Å². The molecule has 4 nitrogen and oxygen atoms in total. The van der Waals surface area contributed by atoms with Gasteiger partial charge in [0, 0.05) is 18.7 Å². The van der Waals surface area contributed by atoms with E-state index in [1.54, 1.807) is 0 Å². The van der Waals surface area contributed by atoms with E-state index in [4.69, 9.17) is 16.3 Å². The van der Waals surface area contributed by atoms with Crippen molar-refractivity contribution >= 4 is 11.6 Å². The highest BCUT2D eigenvalue weighted by Gasteiger charge is 2.35. The predicted molar refractivity (Wildman–Crippen MR) is 63.2 cm³/mol. The van der Waals surface area contributed by atoms with E-state index in [2.05, 4.69) is 14.9 Å². The molecule has 1 aromatic rings. The number of hydrogen-bond donors (Lipinski definition) is 0. The maximum atomic E-state index is 12.5. The minimum absolute atomic E-state index is 0.156. The fourth-order valence-electron chi connectivity index (χ4n) is 1.59. The van der Waals surface area contributed by atoms with Crippen molar-refractivity contribution < 1.29 is 17.9 Å². The Labute approximate surface area is 113 Å². The smallest absolute Gasteiger partial charge is 0.451 e. The molecule has 1 aromatic heterocycles. The van der Waals surface area contributed by atoms with Crippen LogP contribution >= 0.6 is 11.6 Å². The van der Waals surface area contributed by atoms with Gasteiger partial charge in [-0.2, -0.15) is 18.2 Å². The van der Waals surface area contributed by atoms with Crippen molar-refractivity contribution in [2.24, 2.45) is 0 Å². The molecule has 0 saturated heterocycles. The van der Waals surface area contributed by atoms with Crippen molar-refractivity contribution in [2.45, 2.75) is 25.1 Å². The number of rotatable bonds is 5. The topological polar surface area (TPSA) is 38.2 Å². The van der Waals surface area contributed by atoms with E-state index in [0.29, 0.717) is 12.6 Å². The monoisotopic (exact) mass is 295 g/mol. The summed E-state index contributed by atoms with van der Waals surface area (Å²) in [7, 11) is 1.95. The largest absolute Gasteiger partial charge is 0.476 e. The lowest BCUT2D eigenvalue weighted by atomic mass is 10.5. The maximum Gasteiger partial charge on any atom is 0.451 e. The maximum absolute atomic E-state index is 12.5. The summed E-state index contributed by atoms with van der Waals surface area (Å²) in [5, 5.41) is -0.284. The summed E-state index contributed by atoms with van der Waals surface area (Å²) in [5.41, 5.74) is 0. The molecule has 8 heteroatoms. The first kappa shape index (κ1) is 14.3. The molecule has 1 fully saturated rings. The molecule has 2 rings (SSSR count). The van der Waals surface area contributed by atoms with Gasteiger partial charge >= 0.3 is 6.18 Å². The van der Waals surface area contributed by atoms with Gasteiger partial charge in [-0.15, -0.1) is 0 Å². The standard InChI is InChI=1S/C11H13ClF3N3O/c1-18(7-2-3-7)4-5-19-9-6-8(12)16-10(17-9)11(13,14)15/h6-7H,2-5H2,1H3. The Morgan fingerprint density at radius 3 is 2.68 bits per heavy atom. The van der Waals surface area contributed by atoms with E-state index in [-0.39, 0.29) is 17.6 Å². The number of alkyl halides is 3. The van der Waals surface area contributed by atoms with Crippen LogP contribution in [0.5, 0.6) is 5.88 Å². The first-order valence-electron chi connectivity index (χ1n) is 5.81. The van der Waals surface area contributed by atoms with Gasteiger partial charge in [0.2, 0.25) is 11.7 Å². The second-order valence-corrected chi connectivity index (χ2v) is 4.80. The molecule has 0 N–H and O–H groups in total.